The van der Waals surface area contributed by atoms with Gasteiger partial charge >= 0.3 is 0 Å². The second kappa shape index (κ2) is 10.2. The smallest absolute Gasteiger partial charge is 0.251 e. The third-order valence-electron chi connectivity index (χ3n) is 4.97. The van der Waals surface area contributed by atoms with Crippen molar-refractivity contribution in [3.63, 3.8) is 0 Å². The zero-order valence-corrected chi connectivity index (χ0v) is 16.5. The number of rotatable bonds is 8. The maximum absolute atomic E-state index is 12.6. The molecule has 0 bridgehead atoms. The van der Waals surface area contributed by atoms with Crippen LogP contribution in [0.1, 0.15) is 27.5 Å². The largest absolute Gasteiger partial charge is 0.497 e. The summed E-state index contributed by atoms with van der Waals surface area (Å²) in [6, 6.07) is 15.6. The Morgan fingerprint density at radius 2 is 1.75 bits per heavy atom. The van der Waals surface area contributed by atoms with Gasteiger partial charge in [-0.2, -0.15) is 0 Å². The van der Waals surface area contributed by atoms with Crippen LogP contribution in [0.5, 0.6) is 5.75 Å². The van der Waals surface area contributed by atoms with Gasteiger partial charge in [0.1, 0.15) is 5.75 Å². The normalized spacial score (nSPS) is 15.8. The SMILES string of the molecule is COCc1ccc(C(=O)NCC(c2ccc(OC)cc2)N2CCOCC2)cc1. The molecule has 28 heavy (non-hydrogen) atoms. The molecule has 1 amide bonds. The highest BCUT2D eigenvalue weighted by Gasteiger charge is 2.23. The van der Waals surface area contributed by atoms with E-state index in [2.05, 4.69) is 22.3 Å². The van der Waals surface area contributed by atoms with Gasteiger partial charge in [0.15, 0.2) is 0 Å². The molecule has 0 aromatic heterocycles. The third kappa shape index (κ3) is 5.32. The first kappa shape index (κ1) is 20.3. The van der Waals surface area contributed by atoms with Crippen LogP contribution in [0.3, 0.4) is 0 Å². The lowest BCUT2D eigenvalue weighted by atomic mass is 10.0. The van der Waals surface area contributed by atoms with E-state index < -0.39 is 0 Å². The van der Waals surface area contributed by atoms with Gasteiger partial charge in [-0.15, -0.1) is 0 Å². The third-order valence-corrected chi connectivity index (χ3v) is 4.97. The van der Waals surface area contributed by atoms with E-state index in [9.17, 15) is 4.79 Å². The minimum Gasteiger partial charge on any atom is -0.497 e. The van der Waals surface area contributed by atoms with Gasteiger partial charge in [0.25, 0.3) is 5.91 Å². The lowest BCUT2D eigenvalue weighted by Crippen LogP contribution is -2.43. The quantitative estimate of drug-likeness (QED) is 0.758. The molecule has 0 spiro atoms. The van der Waals surface area contributed by atoms with Crippen molar-refractivity contribution < 1.29 is 19.0 Å². The fourth-order valence-electron chi connectivity index (χ4n) is 3.38. The predicted octanol–water partition coefficient (Wildman–Crippen LogP) is 2.64. The molecule has 6 heteroatoms. The Morgan fingerprint density at radius 3 is 2.36 bits per heavy atom. The van der Waals surface area contributed by atoms with Gasteiger partial charge in [0.05, 0.1) is 33.0 Å². The molecule has 2 aromatic carbocycles. The first-order valence-electron chi connectivity index (χ1n) is 9.53. The van der Waals surface area contributed by atoms with E-state index >= 15 is 0 Å². The van der Waals surface area contributed by atoms with Crippen molar-refractivity contribution >= 4 is 5.91 Å². The minimum atomic E-state index is -0.0734. The molecule has 2 aromatic rings. The van der Waals surface area contributed by atoms with Crippen molar-refractivity contribution in [3.8, 4) is 5.75 Å². The maximum Gasteiger partial charge on any atom is 0.251 e. The van der Waals surface area contributed by atoms with E-state index in [4.69, 9.17) is 14.2 Å². The summed E-state index contributed by atoms with van der Waals surface area (Å²) in [6.07, 6.45) is 0. The van der Waals surface area contributed by atoms with Crippen LogP contribution >= 0.6 is 0 Å². The molecule has 1 heterocycles. The maximum atomic E-state index is 12.6. The molecule has 150 valence electrons. The summed E-state index contributed by atoms with van der Waals surface area (Å²) in [5, 5.41) is 3.09. The average Bonchev–Trinajstić information content (AvgIpc) is 2.76. The summed E-state index contributed by atoms with van der Waals surface area (Å²) in [5.74, 6) is 0.750. The molecule has 1 unspecified atom stereocenters. The molecular weight excluding hydrogens is 356 g/mol. The van der Waals surface area contributed by atoms with Crippen LogP contribution in [0, 0.1) is 0 Å². The first-order chi connectivity index (χ1) is 13.7. The van der Waals surface area contributed by atoms with Crippen LogP contribution in [-0.2, 0) is 16.1 Å². The van der Waals surface area contributed by atoms with Crippen molar-refractivity contribution in [2.75, 3.05) is 47.1 Å². The minimum absolute atomic E-state index is 0.0734. The van der Waals surface area contributed by atoms with E-state index in [1.54, 1.807) is 14.2 Å². The van der Waals surface area contributed by atoms with Gasteiger partial charge in [0.2, 0.25) is 0 Å². The summed E-state index contributed by atoms with van der Waals surface area (Å²) >= 11 is 0. The van der Waals surface area contributed by atoms with Crippen molar-refractivity contribution in [2.45, 2.75) is 12.6 Å². The Bertz CT molecular complexity index is 740. The average molecular weight is 384 g/mol. The summed E-state index contributed by atoms with van der Waals surface area (Å²) in [7, 11) is 3.32. The van der Waals surface area contributed by atoms with E-state index in [-0.39, 0.29) is 11.9 Å². The van der Waals surface area contributed by atoms with Crippen LogP contribution in [0.4, 0.5) is 0 Å². The molecule has 6 nitrogen and oxygen atoms in total. The number of carbonyl (C=O) groups excluding carboxylic acids is 1. The molecule has 1 aliphatic rings. The van der Waals surface area contributed by atoms with Crippen LogP contribution in [-0.4, -0.2) is 57.9 Å². The van der Waals surface area contributed by atoms with Crippen LogP contribution in [0.25, 0.3) is 0 Å². The number of nitrogens with zero attached hydrogens (tertiary/aromatic N) is 1. The number of benzene rings is 2. The second-order valence-corrected chi connectivity index (χ2v) is 6.78. The van der Waals surface area contributed by atoms with E-state index in [0.29, 0.717) is 31.9 Å². The Balaban J connectivity index is 1.68. The number of nitrogens with one attached hydrogen (secondary N) is 1. The van der Waals surface area contributed by atoms with Gasteiger partial charge in [0, 0.05) is 32.3 Å². The molecule has 1 saturated heterocycles. The molecular formula is C22H28N2O4. The lowest BCUT2D eigenvalue weighted by molar-refractivity contribution is 0.0162. The van der Waals surface area contributed by atoms with Crippen LogP contribution in [0.2, 0.25) is 0 Å². The predicted molar refractivity (Wildman–Crippen MR) is 108 cm³/mol. The number of methoxy groups -OCH3 is 2. The number of ether oxygens (including phenoxy) is 3. The Hall–Kier alpha value is -2.41. The standard InChI is InChI=1S/C22H28N2O4/c1-26-16-17-3-5-19(6-4-17)22(25)23-15-21(24-11-13-28-14-12-24)18-7-9-20(27-2)10-8-18/h3-10,21H,11-16H2,1-2H3,(H,23,25). The molecule has 0 radical (unpaired) electrons. The van der Waals surface area contributed by atoms with Crippen molar-refractivity contribution in [1.82, 2.24) is 10.2 Å². The Kier molecular flexibility index (Phi) is 7.42. The van der Waals surface area contributed by atoms with Crippen molar-refractivity contribution in [3.05, 3.63) is 65.2 Å². The van der Waals surface area contributed by atoms with Gasteiger partial charge in [-0.05, 0) is 35.4 Å². The summed E-state index contributed by atoms with van der Waals surface area (Å²) in [4.78, 5) is 15.0. The van der Waals surface area contributed by atoms with E-state index in [1.807, 2.05) is 36.4 Å². The Labute approximate surface area is 166 Å². The summed E-state index contributed by atoms with van der Waals surface area (Å²) in [5.41, 5.74) is 2.84. The Morgan fingerprint density at radius 1 is 1.07 bits per heavy atom. The fraction of sp³-hybridized carbons (Fsp3) is 0.409. The number of amides is 1. The highest BCUT2D eigenvalue weighted by Crippen LogP contribution is 2.23. The number of morpholine rings is 1. The van der Waals surface area contributed by atoms with Gasteiger partial charge in [-0.3, -0.25) is 9.69 Å². The van der Waals surface area contributed by atoms with Crippen LogP contribution in [0.15, 0.2) is 48.5 Å². The molecule has 1 aliphatic heterocycles. The summed E-state index contributed by atoms with van der Waals surface area (Å²) in [6.45, 7) is 4.18. The lowest BCUT2D eigenvalue weighted by Gasteiger charge is -2.35. The zero-order chi connectivity index (χ0) is 19.8. The fourth-order valence-corrected chi connectivity index (χ4v) is 3.38. The van der Waals surface area contributed by atoms with Crippen molar-refractivity contribution in [1.29, 1.82) is 0 Å². The van der Waals surface area contributed by atoms with E-state index in [0.717, 1.165) is 30.0 Å². The molecule has 1 atom stereocenters. The zero-order valence-electron chi connectivity index (χ0n) is 16.5. The topological polar surface area (TPSA) is 60.0 Å². The molecule has 0 aliphatic carbocycles. The monoisotopic (exact) mass is 384 g/mol. The summed E-state index contributed by atoms with van der Waals surface area (Å²) < 4.78 is 15.9. The number of carbonyl (C=O) groups is 1. The number of hydrogen-bond donors (Lipinski definition) is 1. The molecule has 3 rings (SSSR count). The molecule has 1 fully saturated rings. The number of hydrogen-bond acceptors (Lipinski definition) is 5. The molecule has 0 saturated carbocycles. The van der Waals surface area contributed by atoms with Crippen molar-refractivity contribution in [2.24, 2.45) is 0 Å². The van der Waals surface area contributed by atoms with E-state index in [1.165, 1.54) is 0 Å². The second-order valence-electron chi connectivity index (χ2n) is 6.78. The van der Waals surface area contributed by atoms with Crippen LogP contribution < -0.4 is 10.1 Å². The first-order valence-corrected chi connectivity index (χ1v) is 9.53. The van der Waals surface area contributed by atoms with Gasteiger partial charge in [-0.25, -0.2) is 0 Å². The van der Waals surface area contributed by atoms with Gasteiger partial charge < -0.3 is 19.5 Å². The highest BCUT2D eigenvalue weighted by molar-refractivity contribution is 5.94. The molecule has 1 N–H and O–H groups in total. The van der Waals surface area contributed by atoms with Gasteiger partial charge in [-0.1, -0.05) is 24.3 Å². The highest BCUT2D eigenvalue weighted by atomic mass is 16.5.